The number of methoxy groups -OCH3 is 1. The Bertz CT molecular complexity index is 978. The number of rotatable bonds is 10. The minimum atomic E-state index is -4.18. The van der Waals surface area contributed by atoms with Crippen LogP contribution in [0.5, 0.6) is 17.2 Å². The first-order chi connectivity index (χ1) is 13.7. The molecule has 0 aliphatic heterocycles. The summed E-state index contributed by atoms with van der Waals surface area (Å²) in [5, 5.41) is 3.64. The first-order valence-corrected chi connectivity index (χ1v) is 10.2. The molecule has 0 atom stereocenters. The van der Waals surface area contributed by atoms with Gasteiger partial charge in [-0.05, 0) is 48.0 Å². The summed E-state index contributed by atoms with van der Waals surface area (Å²) >= 11 is 5.92. The largest absolute Gasteiger partial charge is 0.495 e. The molecule has 0 bridgehead atoms. The number of halogens is 1. The summed E-state index contributed by atoms with van der Waals surface area (Å²) in [7, 11) is -2.82. The number of nitrogens with zero attached hydrogens (tertiary/aromatic N) is 1. The summed E-state index contributed by atoms with van der Waals surface area (Å²) in [6.07, 6.45) is 0.513. The molecule has 0 saturated heterocycles. The van der Waals surface area contributed by atoms with Crippen LogP contribution in [0.25, 0.3) is 0 Å². The molecule has 0 aliphatic rings. The molecule has 2 rings (SSSR count). The fraction of sp³-hybridized carbons (Fsp3) is 0.278. The number of aryl methyl sites for hydroxylation is 1. The van der Waals surface area contributed by atoms with Gasteiger partial charge < -0.3 is 30.0 Å². The summed E-state index contributed by atoms with van der Waals surface area (Å²) in [6.45, 7) is 2.35. The number of nitrogens with two attached hydrogens (primary N) is 2. The van der Waals surface area contributed by atoms with E-state index >= 15 is 0 Å². The molecule has 0 saturated carbocycles. The van der Waals surface area contributed by atoms with Gasteiger partial charge in [0.1, 0.15) is 28.8 Å². The van der Waals surface area contributed by atoms with Gasteiger partial charge in [-0.15, -0.1) is 0 Å². The second-order valence-corrected chi connectivity index (χ2v) is 7.82. The third-order valence-electron chi connectivity index (χ3n) is 3.44. The van der Waals surface area contributed by atoms with Crippen molar-refractivity contribution in [1.82, 2.24) is 0 Å². The van der Waals surface area contributed by atoms with E-state index in [0.717, 1.165) is 5.56 Å². The van der Waals surface area contributed by atoms with E-state index in [2.05, 4.69) is 5.16 Å². The number of hydrogen-bond donors (Lipinski definition) is 2. The van der Waals surface area contributed by atoms with E-state index < -0.39 is 10.1 Å². The Balaban J connectivity index is 2.09. The first kappa shape index (κ1) is 22.4. The maximum atomic E-state index is 12.7. The van der Waals surface area contributed by atoms with Crippen LogP contribution in [0, 0.1) is 6.92 Å². The molecule has 0 radical (unpaired) electrons. The van der Waals surface area contributed by atoms with Gasteiger partial charge in [0, 0.05) is 17.5 Å². The molecule has 0 spiro atoms. The third kappa shape index (κ3) is 6.91. The highest BCUT2D eigenvalue weighted by molar-refractivity contribution is 7.87. The Kier molecular flexibility index (Phi) is 7.80. The lowest BCUT2D eigenvalue weighted by atomic mass is 10.2. The Morgan fingerprint density at radius 1 is 1.10 bits per heavy atom. The van der Waals surface area contributed by atoms with E-state index in [9.17, 15) is 8.42 Å². The van der Waals surface area contributed by atoms with E-state index in [0.29, 0.717) is 18.8 Å². The number of oxime groups is 1. The summed E-state index contributed by atoms with van der Waals surface area (Å²) in [5.74, 6) is 0.497. The number of benzene rings is 2. The van der Waals surface area contributed by atoms with Crippen molar-refractivity contribution in [3.63, 3.8) is 0 Å². The predicted molar refractivity (Wildman–Crippen MR) is 109 cm³/mol. The van der Waals surface area contributed by atoms with Gasteiger partial charge >= 0.3 is 10.1 Å². The average molecular weight is 444 g/mol. The van der Waals surface area contributed by atoms with Crippen molar-refractivity contribution in [3.05, 3.63) is 47.0 Å². The molecule has 2 aromatic carbocycles. The fourth-order valence-electron chi connectivity index (χ4n) is 2.30. The molecule has 0 aliphatic carbocycles. The molecule has 4 N–H and O–H groups in total. The number of ether oxygens (including phenoxy) is 2. The van der Waals surface area contributed by atoms with Crippen molar-refractivity contribution < 1.29 is 26.9 Å². The molecule has 0 fully saturated rings. The zero-order chi connectivity index (χ0) is 21.4. The highest BCUT2D eigenvalue weighted by Crippen LogP contribution is 2.31. The summed E-state index contributed by atoms with van der Waals surface area (Å²) in [4.78, 5) is 4.69. The minimum absolute atomic E-state index is 0.0961. The van der Waals surface area contributed by atoms with Gasteiger partial charge in [0.05, 0.1) is 13.7 Å². The van der Waals surface area contributed by atoms with Crippen LogP contribution < -0.4 is 25.1 Å². The van der Waals surface area contributed by atoms with Crippen LogP contribution in [-0.4, -0.2) is 34.7 Å². The molecular weight excluding hydrogens is 422 g/mol. The lowest BCUT2D eigenvalue weighted by Crippen LogP contribution is -2.23. The molecule has 0 amide bonds. The number of guanidine groups is 1. The third-order valence-corrected chi connectivity index (χ3v) is 4.95. The second-order valence-electron chi connectivity index (χ2n) is 5.87. The SMILES string of the molecule is COc1ccc(Cl)cc1S(=O)(=O)Oc1cc(C)cc(OCCCON=C(N)N)c1. The number of hydrogen-bond acceptors (Lipinski definition) is 7. The topological polar surface area (TPSA) is 135 Å². The predicted octanol–water partition coefficient (Wildman–Crippen LogP) is 2.40. The average Bonchev–Trinajstić information content (AvgIpc) is 2.63. The van der Waals surface area contributed by atoms with E-state index in [-0.39, 0.29) is 34.0 Å². The summed E-state index contributed by atoms with van der Waals surface area (Å²) < 4.78 is 41.3. The van der Waals surface area contributed by atoms with E-state index in [1.165, 1.54) is 31.4 Å². The highest BCUT2D eigenvalue weighted by Gasteiger charge is 2.23. The van der Waals surface area contributed by atoms with Crippen LogP contribution in [0.4, 0.5) is 0 Å². The normalized spacial score (nSPS) is 10.9. The highest BCUT2D eigenvalue weighted by atomic mass is 35.5. The van der Waals surface area contributed by atoms with Gasteiger partial charge in [-0.25, -0.2) is 0 Å². The van der Waals surface area contributed by atoms with Crippen molar-refractivity contribution in [2.45, 2.75) is 18.2 Å². The Labute approximate surface area is 174 Å². The Morgan fingerprint density at radius 3 is 2.52 bits per heavy atom. The zero-order valence-corrected chi connectivity index (χ0v) is 17.5. The standard InChI is InChI=1S/C18H22ClN3O6S/c1-12-8-14(26-6-3-7-27-22-18(20)21)11-15(9-12)28-29(23,24)17-10-13(19)4-5-16(17)25-2/h4-5,8-11H,3,6-7H2,1-2H3,(H4,20,21,22). The van der Waals surface area contributed by atoms with Crippen molar-refractivity contribution in [2.24, 2.45) is 16.6 Å². The first-order valence-electron chi connectivity index (χ1n) is 8.44. The molecule has 0 heterocycles. The van der Waals surface area contributed by atoms with Gasteiger partial charge in [0.2, 0.25) is 5.96 Å². The van der Waals surface area contributed by atoms with E-state index in [1.54, 1.807) is 19.1 Å². The lowest BCUT2D eigenvalue weighted by Gasteiger charge is -2.13. The van der Waals surface area contributed by atoms with Gasteiger partial charge in [-0.3, -0.25) is 0 Å². The lowest BCUT2D eigenvalue weighted by molar-refractivity contribution is 0.127. The van der Waals surface area contributed by atoms with Crippen LogP contribution >= 0.6 is 11.6 Å². The smallest absolute Gasteiger partial charge is 0.342 e. The molecule has 9 nitrogen and oxygen atoms in total. The summed E-state index contributed by atoms with van der Waals surface area (Å²) in [6, 6.07) is 9.03. The van der Waals surface area contributed by atoms with Crippen molar-refractivity contribution in [1.29, 1.82) is 0 Å². The summed E-state index contributed by atoms with van der Waals surface area (Å²) in [5.41, 5.74) is 11.0. The maximum Gasteiger partial charge on any atom is 0.342 e. The van der Waals surface area contributed by atoms with Gasteiger partial charge in [0.25, 0.3) is 0 Å². The van der Waals surface area contributed by atoms with Crippen LogP contribution in [0.2, 0.25) is 5.02 Å². The molecule has 158 valence electrons. The molecule has 29 heavy (non-hydrogen) atoms. The fourth-order valence-corrected chi connectivity index (χ4v) is 3.64. The molecule has 0 unspecified atom stereocenters. The van der Waals surface area contributed by atoms with Crippen molar-refractivity contribution >= 4 is 27.7 Å². The van der Waals surface area contributed by atoms with Crippen molar-refractivity contribution in [2.75, 3.05) is 20.3 Å². The molecule has 2 aromatic rings. The molecular formula is C18H22ClN3O6S. The van der Waals surface area contributed by atoms with Crippen LogP contribution in [0.15, 0.2) is 46.4 Å². The van der Waals surface area contributed by atoms with Crippen LogP contribution in [0.3, 0.4) is 0 Å². The van der Waals surface area contributed by atoms with E-state index in [4.69, 9.17) is 41.6 Å². The monoisotopic (exact) mass is 443 g/mol. The molecule has 0 aromatic heterocycles. The van der Waals surface area contributed by atoms with Crippen molar-refractivity contribution in [3.8, 4) is 17.2 Å². The maximum absolute atomic E-state index is 12.7. The zero-order valence-electron chi connectivity index (χ0n) is 15.9. The van der Waals surface area contributed by atoms with E-state index in [1.807, 2.05) is 0 Å². The Morgan fingerprint density at radius 2 is 1.83 bits per heavy atom. The van der Waals surface area contributed by atoms with Crippen LogP contribution in [0.1, 0.15) is 12.0 Å². The quantitative estimate of drug-likeness (QED) is 0.188. The Hall–Kier alpha value is -2.85. The minimum Gasteiger partial charge on any atom is -0.495 e. The van der Waals surface area contributed by atoms with Gasteiger partial charge in [-0.2, -0.15) is 8.42 Å². The van der Waals surface area contributed by atoms with Gasteiger partial charge in [-0.1, -0.05) is 11.6 Å². The molecule has 11 heteroatoms. The van der Waals surface area contributed by atoms with Crippen LogP contribution in [-0.2, 0) is 15.0 Å². The van der Waals surface area contributed by atoms with Gasteiger partial charge in [0.15, 0.2) is 0 Å². The second kappa shape index (κ2) is 10.1.